The van der Waals surface area contributed by atoms with Crippen LogP contribution < -0.4 is 5.32 Å². The van der Waals surface area contributed by atoms with Crippen LogP contribution in [0.4, 0.5) is 5.13 Å². The van der Waals surface area contributed by atoms with Gasteiger partial charge in [-0.2, -0.15) is 0 Å². The van der Waals surface area contributed by atoms with Gasteiger partial charge < -0.3 is 10.4 Å². The highest BCUT2D eigenvalue weighted by Crippen LogP contribution is 2.20. The summed E-state index contributed by atoms with van der Waals surface area (Å²) in [6.45, 7) is 9.23. The van der Waals surface area contributed by atoms with E-state index in [-0.39, 0.29) is 12.0 Å². The molecule has 0 aliphatic heterocycles. The molecule has 0 amide bonds. The minimum absolute atomic E-state index is 0.121. The van der Waals surface area contributed by atoms with Crippen LogP contribution in [-0.2, 0) is 6.42 Å². The molecule has 4 nitrogen and oxygen atoms in total. The summed E-state index contributed by atoms with van der Waals surface area (Å²) < 4.78 is 0. The lowest BCUT2D eigenvalue weighted by atomic mass is 9.95. The highest BCUT2D eigenvalue weighted by Gasteiger charge is 2.17. The van der Waals surface area contributed by atoms with E-state index in [1.54, 1.807) is 11.3 Å². The summed E-state index contributed by atoms with van der Waals surface area (Å²) in [6.07, 6.45) is 0.975. The number of hydrogen-bond acceptors (Lipinski definition) is 5. The molecule has 1 rings (SSSR count). The lowest BCUT2D eigenvalue weighted by Gasteiger charge is -2.21. The van der Waals surface area contributed by atoms with Crippen LogP contribution in [0.5, 0.6) is 0 Å². The van der Waals surface area contributed by atoms with E-state index in [2.05, 4.69) is 29.4 Å². The van der Waals surface area contributed by atoms with Crippen molar-refractivity contribution in [2.75, 3.05) is 18.5 Å². The number of nitrogens with zero attached hydrogens (tertiary/aromatic N) is 2. The first-order valence-electron chi connectivity index (χ1n) is 5.60. The van der Waals surface area contributed by atoms with E-state index in [1.165, 1.54) is 0 Å². The number of aromatic nitrogens is 2. The molecule has 0 fully saturated rings. The van der Waals surface area contributed by atoms with Crippen molar-refractivity contribution >= 4 is 16.5 Å². The third-order valence-corrected chi connectivity index (χ3v) is 3.10. The van der Waals surface area contributed by atoms with E-state index >= 15 is 0 Å². The normalized spacial score (nSPS) is 12.1. The molecule has 0 unspecified atom stereocenters. The highest BCUT2D eigenvalue weighted by atomic mass is 32.1. The van der Waals surface area contributed by atoms with E-state index in [1.807, 2.05) is 13.8 Å². The molecule has 0 aliphatic rings. The summed E-state index contributed by atoms with van der Waals surface area (Å²) in [5, 5.41) is 22.5. The zero-order chi connectivity index (χ0) is 12.2. The summed E-state index contributed by atoms with van der Waals surface area (Å²) in [5.41, 5.74) is -0.121. The number of aliphatic hydroxyl groups is 1. The van der Waals surface area contributed by atoms with Gasteiger partial charge in [0.25, 0.3) is 0 Å². The molecule has 0 spiro atoms. The SMILES string of the molecule is CC(C)Cc1nnc(NCC(C)(C)CO)s1. The van der Waals surface area contributed by atoms with Gasteiger partial charge in [0.1, 0.15) is 5.01 Å². The second-order valence-electron chi connectivity index (χ2n) is 5.27. The van der Waals surface area contributed by atoms with Crippen LogP contribution in [0.15, 0.2) is 0 Å². The van der Waals surface area contributed by atoms with Crippen molar-refractivity contribution in [3.63, 3.8) is 0 Å². The maximum absolute atomic E-state index is 9.12. The molecule has 92 valence electrons. The van der Waals surface area contributed by atoms with Crippen molar-refractivity contribution in [3.8, 4) is 0 Å². The largest absolute Gasteiger partial charge is 0.396 e. The first-order chi connectivity index (χ1) is 7.43. The van der Waals surface area contributed by atoms with Gasteiger partial charge in [-0.1, -0.05) is 39.0 Å². The molecule has 5 heteroatoms. The third-order valence-electron chi connectivity index (χ3n) is 2.20. The molecule has 0 atom stereocenters. The van der Waals surface area contributed by atoms with Crippen LogP contribution in [-0.4, -0.2) is 28.5 Å². The topological polar surface area (TPSA) is 58.0 Å². The maximum atomic E-state index is 9.12. The molecule has 0 saturated heterocycles. The standard InChI is InChI=1S/C11H21N3OS/c1-8(2)5-9-13-14-10(16-9)12-6-11(3,4)7-15/h8,15H,5-7H2,1-4H3,(H,12,14). The highest BCUT2D eigenvalue weighted by molar-refractivity contribution is 7.15. The van der Waals surface area contributed by atoms with Gasteiger partial charge in [0.2, 0.25) is 5.13 Å². The van der Waals surface area contributed by atoms with E-state index in [0.29, 0.717) is 12.5 Å². The van der Waals surface area contributed by atoms with Gasteiger partial charge in [-0.25, -0.2) is 0 Å². The van der Waals surface area contributed by atoms with Crippen LogP contribution in [0.25, 0.3) is 0 Å². The fourth-order valence-corrected chi connectivity index (χ4v) is 2.08. The van der Waals surface area contributed by atoms with Crippen LogP contribution in [0, 0.1) is 11.3 Å². The number of rotatable bonds is 6. The number of hydrogen-bond donors (Lipinski definition) is 2. The average molecular weight is 243 g/mol. The van der Waals surface area contributed by atoms with Gasteiger partial charge in [-0.05, 0) is 5.92 Å². The number of anilines is 1. The molecule has 1 aromatic heterocycles. The summed E-state index contributed by atoms with van der Waals surface area (Å²) in [5.74, 6) is 0.606. The summed E-state index contributed by atoms with van der Waals surface area (Å²) >= 11 is 1.60. The summed E-state index contributed by atoms with van der Waals surface area (Å²) in [6, 6.07) is 0. The van der Waals surface area contributed by atoms with Crippen LogP contribution >= 0.6 is 11.3 Å². The van der Waals surface area contributed by atoms with Gasteiger partial charge in [-0.3, -0.25) is 0 Å². The molecule has 0 aliphatic carbocycles. The summed E-state index contributed by atoms with van der Waals surface area (Å²) in [7, 11) is 0. The fourth-order valence-electron chi connectivity index (χ4n) is 1.13. The predicted octanol–water partition coefficient (Wildman–Crippen LogP) is 2.17. The Bertz CT molecular complexity index is 323. The lowest BCUT2D eigenvalue weighted by molar-refractivity contribution is 0.171. The molecule has 0 bridgehead atoms. The van der Waals surface area contributed by atoms with Crippen molar-refractivity contribution in [3.05, 3.63) is 5.01 Å². The number of aliphatic hydroxyl groups excluding tert-OH is 1. The molecule has 2 N–H and O–H groups in total. The Balaban J connectivity index is 2.46. The first-order valence-corrected chi connectivity index (χ1v) is 6.42. The quantitative estimate of drug-likeness (QED) is 0.804. The first kappa shape index (κ1) is 13.4. The number of nitrogens with one attached hydrogen (secondary N) is 1. The van der Waals surface area contributed by atoms with Crippen LogP contribution in [0.3, 0.4) is 0 Å². The Morgan fingerprint density at radius 1 is 1.38 bits per heavy atom. The molecule has 1 heterocycles. The smallest absolute Gasteiger partial charge is 0.205 e. The van der Waals surface area contributed by atoms with Crippen LogP contribution in [0.2, 0.25) is 0 Å². The van der Waals surface area contributed by atoms with Gasteiger partial charge in [-0.15, -0.1) is 10.2 Å². The molecular weight excluding hydrogens is 222 g/mol. The van der Waals surface area contributed by atoms with E-state index in [9.17, 15) is 0 Å². The molecule has 1 aromatic rings. The Labute approximate surface area is 101 Å². The van der Waals surface area contributed by atoms with Gasteiger partial charge in [0.05, 0.1) is 0 Å². The molecule has 0 radical (unpaired) electrons. The Kier molecular flexibility index (Phi) is 4.68. The van der Waals surface area contributed by atoms with E-state index in [4.69, 9.17) is 5.11 Å². The molecule has 0 saturated carbocycles. The van der Waals surface area contributed by atoms with Gasteiger partial charge in [0, 0.05) is 25.0 Å². The zero-order valence-corrected chi connectivity index (χ0v) is 11.3. The molecule has 16 heavy (non-hydrogen) atoms. The monoisotopic (exact) mass is 243 g/mol. The lowest BCUT2D eigenvalue weighted by Crippen LogP contribution is -2.26. The van der Waals surface area contributed by atoms with Crippen molar-refractivity contribution < 1.29 is 5.11 Å². The Hall–Kier alpha value is -0.680. The third kappa shape index (κ3) is 4.45. The van der Waals surface area contributed by atoms with Crippen LogP contribution in [0.1, 0.15) is 32.7 Å². The second kappa shape index (κ2) is 5.59. The fraction of sp³-hybridized carbons (Fsp3) is 0.818. The maximum Gasteiger partial charge on any atom is 0.205 e. The van der Waals surface area contributed by atoms with E-state index in [0.717, 1.165) is 16.6 Å². The van der Waals surface area contributed by atoms with Crippen molar-refractivity contribution in [1.82, 2.24) is 10.2 Å². The van der Waals surface area contributed by atoms with Crippen molar-refractivity contribution in [2.24, 2.45) is 11.3 Å². The van der Waals surface area contributed by atoms with E-state index < -0.39 is 0 Å². The van der Waals surface area contributed by atoms with Gasteiger partial charge >= 0.3 is 0 Å². The van der Waals surface area contributed by atoms with Crippen molar-refractivity contribution in [1.29, 1.82) is 0 Å². The Morgan fingerprint density at radius 3 is 2.62 bits per heavy atom. The second-order valence-corrected chi connectivity index (χ2v) is 6.34. The minimum Gasteiger partial charge on any atom is -0.396 e. The molecule has 0 aromatic carbocycles. The summed E-state index contributed by atoms with van der Waals surface area (Å²) in [4.78, 5) is 0. The minimum atomic E-state index is -0.121. The zero-order valence-electron chi connectivity index (χ0n) is 10.4. The average Bonchev–Trinajstić information content (AvgIpc) is 2.62. The molecular formula is C11H21N3OS. The van der Waals surface area contributed by atoms with Crippen molar-refractivity contribution in [2.45, 2.75) is 34.1 Å². The van der Waals surface area contributed by atoms with Gasteiger partial charge in [0.15, 0.2) is 0 Å². The Morgan fingerprint density at radius 2 is 2.06 bits per heavy atom. The predicted molar refractivity (Wildman–Crippen MR) is 67.8 cm³/mol.